The number of allylic oxidation sites excluding steroid dienone is 6. The zero-order valence-electron chi connectivity index (χ0n) is 21.6. The first-order valence-corrected chi connectivity index (χ1v) is 12.3. The molecule has 0 aromatic rings. The van der Waals surface area contributed by atoms with Gasteiger partial charge in [-0.05, 0) is 42.0 Å². The van der Waals surface area contributed by atoms with Gasteiger partial charge in [0.05, 0.1) is 31.0 Å². The second-order valence-corrected chi connectivity index (χ2v) is 9.43. The third-order valence-corrected chi connectivity index (χ3v) is 6.32. The summed E-state index contributed by atoms with van der Waals surface area (Å²) >= 11 is 0. The molecule has 0 bridgehead atoms. The van der Waals surface area contributed by atoms with Gasteiger partial charge in [-0.1, -0.05) is 13.8 Å². The molecule has 1 unspecified atom stereocenters. The number of nitrogens with two attached hydrogens (primary N) is 2. The Morgan fingerprint density at radius 1 is 1.32 bits per heavy atom. The first kappa shape index (κ1) is 28.1. The van der Waals surface area contributed by atoms with Crippen LogP contribution < -0.4 is 22.1 Å². The van der Waals surface area contributed by atoms with Gasteiger partial charge >= 0.3 is 0 Å². The van der Waals surface area contributed by atoms with E-state index in [9.17, 15) is 8.78 Å². The molecule has 3 aliphatic heterocycles. The quantitative estimate of drug-likeness (QED) is 0.144. The van der Waals surface area contributed by atoms with E-state index in [-0.39, 0.29) is 24.6 Å². The molecular formula is C26H38F2N8O. The van der Waals surface area contributed by atoms with E-state index in [1.165, 1.54) is 6.21 Å². The van der Waals surface area contributed by atoms with Crippen molar-refractivity contribution in [3.05, 3.63) is 70.8 Å². The second-order valence-electron chi connectivity index (χ2n) is 9.43. The zero-order valence-corrected chi connectivity index (χ0v) is 21.6. The van der Waals surface area contributed by atoms with E-state index in [0.717, 1.165) is 22.7 Å². The van der Waals surface area contributed by atoms with Crippen LogP contribution in [0.4, 0.5) is 8.78 Å². The number of fused-ring (bicyclic) bond motifs is 1. The molecule has 0 saturated carbocycles. The Morgan fingerprint density at radius 2 is 2.08 bits per heavy atom. The minimum Gasteiger partial charge on any atom is -0.404 e. The lowest BCUT2D eigenvalue weighted by atomic mass is 9.99. The van der Waals surface area contributed by atoms with Crippen molar-refractivity contribution in [2.45, 2.75) is 32.4 Å². The summed E-state index contributed by atoms with van der Waals surface area (Å²) in [5, 5.41) is 14.3. The SMILES string of the molecule is CC(C)C(=C/N)/C=C(\N)NC1=CC=C2N=CC(/C(C=N)=C/NCCOC3CN(CC(F)F)C3)=CC2N1C. The molecule has 0 aromatic carbocycles. The fourth-order valence-corrected chi connectivity index (χ4v) is 4.12. The van der Waals surface area contributed by atoms with Gasteiger partial charge in [-0.25, -0.2) is 8.78 Å². The lowest BCUT2D eigenvalue weighted by molar-refractivity contribution is -0.0694. The summed E-state index contributed by atoms with van der Waals surface area (Å²) in [6, 6.07) is -0.128. The fraction of sp³-hybridized carbons (Fsp3) is 0.462. The number of alkyl halides is 2. The van der Waals surface area contributed by atoms with E-state index in [4.69, 9.17) is 21.6 Å². The smallest absolute Gasteiger partial charge is 0.251 e. The Bertz CT molecular complexity index is 1040. The molecule has 0 spiro atoms. The molecule has 9 nitrogen and oxygen atoms in total. The van der Waals surface area contributed by atoms with Crippen molar-refractivity contribution in [1.82, 2.24) is 20.4 Å². The van der Waals surface area contributed by atoms with Crippen LogP contribution in [0, 0.1) is 11.3 Å². The Labute approximate surface area is 217 Å². The fourth-order valence-electron chi connectivity index (χ4n) is 4.12. The van der Waals surface area contributed by atoms with E-state index in [2.05, 4.69) is 15.6 Å². The third kappa shape index (κ3) is 7.77. The van der Waals surface area contributed by atoms with Crippen molar-refractivity contribution in [1.29, 1.82) is 5.41 Å². The molecule has 0 amide bonds. The molecule has 1 fully saturated rings. The lowest BCUT2D eigenvalue weighted by Crippen LogP contribution is -2.53. The summed E-state index contributed by atoms with van der Waals surface area (Å²) in [6.07, 6.45) is 11.8. The average Bonchev–Trinajstić information content (AvgIpc) is 2.84. The normalized spacial score (nSPS) is 21.4. The number of likely N-dealkylation sites (tertiary alicyclic amines) is 1. The van der Waals surface area contributed by atoms with Crippen molar-refractivity contribution < 1.29 is 13.5 Å². The van der Waals surface area contributed by atoms with Crippen LogP contribution in [0.5, 0.6) is 0 Å². The summed E-state index contributed by atoms with van der Waals surface area (Å²) in [4.78, 5) is 8.30. The van der Waals surface area contributed by atoms with Gasteiger partial charge in [0.2, 0.25) is 0 Å². The summed E-state index contributed by atoms with van der Waals surface area (Å²) < 4.78 is 30.4. The minimum absolute atomic E-state index is 0.00463. The maximum Gasteiger partial charge on any atom is 0.251 e. The van der Waals surface area contributed by atoms with E-state index in [1.54, 1.807) is 23.5 Å². The van der Waals surface area contributed by atoms with E-state index in [0.29, 0.717) is 37.6 Å². The first-order chi connectivity index (χ1) is 17.7. The standard InChI is InChI=1S/C26H38F2N8O/c1-17(2)18(10-29)9-25(31)34-26-5-4-22-23(35(26)3)8-19(13-33-22)20(11-30)12-32-6-7-37-21-14-36(15-21)16-24(27)28/h4-5,8-13,17,21,23-24,30,32,34H,6-7,14-16,29,31H2,1-3H3/b18-10+,20-12+,25-9+,30-11?. The number of aliphatic imine (C=N–C) groups is 1. The van der Waals surface area contributed by atoms with E-state index < -0.39 is 6.43 Å². The van der Waals surface area contributed by atoms with Gasteiger partial charge in [0, 0.05) is 56.5 Å². The molecule has 7 N–H and O–H groups in total. The van der Waals surface area contributed by atoms with Crippen LogP contribution in [0.15, 0.2) is 75.8 Å². The van der Waals surface area contributed by atoms with E-state index >= 15 is 0 Å². The van der Waals surface area contributed by atoms with Gasteiger partial charge in [0.25, 0.3) is 6.43 Å². The number of nitrogens with one attached hydrogen (secondary N) is 3. The van der Waals surface area contributed by atoms with Crippen LogP contribution >= 0.6 is 0 Å². The van der Waals surface area contributed by atoms with Crippen LogP contribution in [0.25, 0.3) is 0 Å². The minimum atomic E-state index is -2.31. The second kappa shape index (κ2) is 13.2. The van der Waals surface area contributed by atoms with Crippen LogP contribution in [-0.4, -0.2) is 80.6 Å². The topological polar surface area (TPSA) is 128 Å². The maximum absolute atomic E-state index is 12.4. The Balaban J connectivity index is 1.54. The van der Waals surface area contributed by atoms with Crippen LogP contribution in [0.3, 0.4) is 0 Å². The molecule has 1 atom stereocenters. The number of hydrogen-bond acceptors (Lipinski definition) is 9. The average molecular weight is 517 g/mol. The van der Waals surface area contributed by atoms with Crippen molar-refractivity contribution in [3.8, 4) is 0 Å². The highest BCUT2D eigenvalue weighted by Crippen LogP contribution is 2.27. The highest BCUT2D eigenvalue weighted by molar-refractivity contribution is 5.98. The van der Waals surface area contributed by atoms with Gasteiger partial charge in [-0.3, -0.25) is 9.89 Å². The summed E-state index contributed by atoms with van der Waals surface area (Å²) in [5.41, 5.74) is 15.2. The molecule has 202 valence electrons. The number of nitrogens with zero attached hydrogens (tertiary/aromatic N) is 3. The molecule has 37 heavy (non-hydrogen) atoms. The largest absolute Gasteiger partial charge is 0.404 e. The van der Waals surface area contributed by atoms with E-state index in [1.807, 2.05) is 50.1 Å². The van der Waals surface area contributed by atoms with Crippen molar-refractivity contribution in [3.63, 3.8) is 0 Å². The molecule has 3 heterocycles. The molecular weight excluding hydrogens is 478 g/mol. The number of rotatable bonds is 13. The van der Waals surface area contributed by atoms with Gasteiger partial charge in [-0.2, -0.15) is 0 Å². The Kier molecular flexibility index (Phi) is 10.0. The van der Waals surface area contributed by atoms with Crippen molar-refractivity contribution in [2.24, 2.45) is 22.4 Å². The number of ether oxygens (including phenoxy) is 1. The predicted octanol–water partition coefficient (Wildman–Crippen LogP) is 2.01. The zero-order chi connectivity index (χ0) is 26.9. The Hall–Kier alpha value is -3.44. The lowest BCUT2D eigenvalue weighted by Gasteiger charge is -2.38. The number of halogens is 2. The predicted molar refractivity (Wildman–Crippen MR) is 144 cm³/mol. The highest BCUT2D eigenvalue weighted by atomic mass is 19.3. The van der Waals surface area contributed by atoms with Crippen molar-refractivity contribution >= 4 is 12.4 Å². The molecule has 11 heteroatoms. The Morgan fingerprint density at radius 3 is 2.73 bits per heavy atom. The van der Waals surface area contributed by atoms with Gasteiger partial charge in [0.15, 0.2) is 0 Å². The molecule has 3 rings (SSSR count). The number of hydrogen-bond donors (Lipinski definition) is 5. The third-order valence-electron chi connectivity index (χ3n) is 6.32. The summed E-state index contributed by atoms with van der Waals surface area (Å²) in [7, 11) is 1.95. The van der Waals surface area contributed by atoms with Gasteiger partial charge in [0.1, 0.15) is 11.6 Å². The molecule has 0 aliphatic carbocycles. The molecule has 0 aromatic heterocycles. The summed E-state index contributed by atoms with van der Waals surface area (Å²) in [5.74, 6) is 1.55. The van der Waals surface area contributed by atoms with Crippen LogP contribution in [-0.2, 0) is 4.74 Å². The maximum atomic E-state index is 12.4. The highest BCUT2D eigenvalue weighted by Gasteiger charge is 2.29. The van der Waals surface area contributed by atoms with Crippen molar-refractivity contribution in [2.75, 3.05) is 39.8 Å². The monoisotopic (exact) mass is 516 g/mol. The number of dihydropyridines is 1. The molecule has 3 aliphatic rings. The van der Waals surface area contributed by atoms with Gasteiger partial charge in [-0.15, -0.1) is 0 Å². The van der Waals surface area contributed by atoms with Gasteiger partial charge < -0.3 is 37.1 Å². The molecule has 0 radical (unpaired) electrons. The van der Waals surface area contributed by atoms with Crippen LogP contribution in [0.2, 0.25) is 0 Å². The first-order valence-electron chi connectivity index (χ1n) is 12.3. The molecule has 1 saturated heterocycles. The summed E-state index contributed by atoms with van der Waals surface area (Å²) in [6.45, 7) is 5.96. The number of likely N-dealkylation sites (N-methyl/N-ethyl adjacent to an activating group) is 1. The van der Waals surface area contributed by atoms with Crippen LogP contribution in [0.1, 0.15) is 13.8 Å².